The van der Waals surface area contributed by atoms with Crippen molar-refractivity contribution in [2.45, 2.75) is 0 Å². The zero-order valence-electron chi connectivity index (χ0n) is 8.73. The van der Waals surface area contributed by atoms with Crippen molar-refractivity contribution < 1.29 is 9.72 Å². The number of amides is 1. The fraction of sp³-hybridized carbons (Fsp3) is 0.222. The molecule has 1 rings (SSSR count). The number of rotatable bonds is 2. The molecule has 0 aliphatic carbocycles. The highest BCUT2D eigenvalue weighted by Gasteiger charge is 2.19. The quantitative estimate of drug-likeness (QED) is 0.509. The second-order valence-electron chi connectivity index (χ2n) is 3.35. The highest BCUT2D eigenvalue weighted by Crippen LogP contribution is 2.29. The molecule has 1 aromatic carbocycles. The first-order chi connectivity index (χ1) is 7.34. The van der Waals surface area contributed by atoms with E-state index in [4.69, 9.17) is 5.73 Å². The number of anilines is 1. The van der Waals surface area contributed by atoms with Gasteiger partial charge >= 0.3 is 0 Å². The number of nitrogen functional groups attached to an aromatic ring is 1. The van der Waals surface area contributed by atoms with Crippen LogP contribution < -0.4 is 5.73 Å². The highest BCUT2D eigenvalue weighted by atomic mass is 79.9. The van der Waals surface area contributed by atoms with Crippen molar-refractivity contribution in [3.8, 4) is 0 Å². The second-order valence-corrected chi connectivity index (χ2v) is 4.20. The molecule has 1 amide bonds. The molecule has 1 aromatic rings. The third-order valence-corrected chi connectivity index (χ3v) is 2.62. The molecule has 0 fully saturated rings. The fourth-order valence-electron chi connectivity index (χ4n) is 1.13. The van der Waals surface area contributed by atoms with Crippen LogP contribution in [-0.4, -0.2) is 29.8 Å². The van der Waals surface area contributed by atoms with Crippen LogP contribution in [0, 0.1) is 10.1 Å². The maximum atomic E-state index is 11.7. The smallest absolute Gasteiger partial charge is 0.271 e. The van der Waals surface area contributed by atoms with E-state index in [9.17, 15) is 14.9 Å². The molecule has 0 saturated heterocycles. The van der Waals surface area contributed by atoms with Crippen molar-refractivity contribution in [2.24, 2.45) is 0 Å². The Morgan fingerprint density at radius 3 is 2.50 bits per heavy atom. The zero-order chi connectivity index (χ0) is 12.5. The maximum Gasteiger partial charge on any atom is 0.271 e. The molecule has 0 bridgehead atoms. The summed E-state index contributed by atoms with van der Waals surface area (Å²) < 4.78 is 0.340. The summed E-state index contributed by atoms with van der Waals surface area (Å²) in [6.07, 6.45) is 0. The summed E-state index contributed by atoms with van der Waals surface area (Å²) in [5.41, 5.74) is 5.81. The van der Waals surface area contributed by atoms with Crippen molar-refractivity contribution in [3.63, 3.8) is 0 Å². The number of carbonyl (C=O) groups is 1. The van der Waals surface area contributed by atoms with Gasteiger partial charge in [-0.2, -0.15) is 0 Å². The Bertz CT molecular complexity index is 460. The summed E-state index contributed by atoms with van der Waals surface area (Å²) >= 11 is 3.08. The minimum Gasteiger partial charge on any atom is -0.397 e. The number of nitro benzene ring substituents is 1. The molecule has 0 atom stereocenters. The van der Waals surface area contributed by atoms with Crippen molar-refractivity contribution in [3.05, 3.63) is 32.3 Å². The molecule has 16 heavy (non-hydrogen) atoms. The molecule has 0 saturated carbocycles. The van der Waals surface area contributed by atoms with Crippen LogP contribution in [0.4, 0.5) is 11.4 Å². The SMILES string of the molecule is CN(C)C(=O)c1cc([N+](=O)[O-])cc(Br)c1N. The van der Waals surface area contributed by atoms with Crippen molar-refractivity contribution in [1.29, 1.82) is 0 Å². The van der Waals surface area contributed by atoms with Crippen molar-refractivity contribution in [1.82, 2.24) is 4.90 Å². The largest absolute Gasteiger partial charge is 0.397 e. The van der Waals surface area contributed by atoms with Gasteiger partial charge in [0.25, 0.3) is 11.6 Å². The Hall–Kier alpha value is -1.63. The van der Waals surface area contributed by atoms with Gasteiger partial charge in [-0.3, -0.25) is 14.9 Å². The van der Waals surface area contributed by atoms with E-state index in [1.807, 2.05) is 0 Å². The number of nitrogens with zero attached hydrogens (tertiary/aromatic N) is 2. The predicted molar refractivity (Wildman–Crippen MR) is 63.2 cm³/mol. The van der Waals surface area contributed by atoms with Gasteiger partial charge in [0.1, 0.15) is 0 Å². The minimum atomic E-state index is -0.573. The van der Waals surface area contributed by atoms with E-state index in [0.717, 1.165) is 0 Å². The number of nitrogens with two attached hydrogens (primary N) is 1. The highest BCUT2D eigenvalue weighted by molar-refractivity contribution is 9.10. The summed E-state index contributed by atoms with van der Waals surface area (Å²) in [6, 6.07) is 2.43. The number of nitro groups is 1. The third-order valence-electron chi connectivity index (χ3n) is 1.96. The average Bonchev–Trinajstić information content (AvgIpc) is 2.20. The lowest BCUT2D eigenvalue weighted by atomic mass is 10.1. The van der Waals surface area contributed by atoms with Gasteiger partial charge in [0.05, 0.1) is 16.2 Å². The lowest BCUT2D eigenvalue weighted by Crippen LogP contribution is -2.23. The van der Waals surface area contributed by atoms with E-state index in [-0.39, 0.29) is 22.8 Å². The second kappa shape index (κ2) is 4.48. The molecule has 7 heteroatoms. The number of non-ortho nitro benzene ring substituents is 1. The molecule has 0 aliphatic heterocycles. The number of hydrogen-bond donors (Lipinski definition) is 1. The number of hydrogen-bond acceptors (Lipinski definition) is 4. The van der Waals surface area contributed by atoms with E-state index >= 15 is 0 Å². The lowest BCUT2D eigenvalue weighted by molar-refractivity contribution is -0.384. The van der Waals surface area contributed by atoms with E-state index in [0.29, 0.717) is 4.47 Å². The Balaban J connectivity index is 3.38. The average molecular weight is 288 g/mol. The van der Waals surface area contributed by atoms with Crippen molar-refractivity contribution >= 4 is 33.2 Å². The molecular weight excluding hydrogens is 278 g/mol. The van der Waals surface area contributed by atoms with Gasteiger partial charge in [-0.05, 0) is 15.9 Å². The summed E-state index contributed by atoms with van der Waals surface area (Å²) in [7, 11) is 3.10. The van der Waals surface area contributed by atoms with Crippen LogP contribution in [0.3, 0.4) is 0 Å². The van der Waals surface area contributed by atoms with Gasteiger partial charge in [-0.25, -0.2) is 0 Å². The maximum absolute atomic E-state index is 11.7. The van der Waals surface area contributed by atoms with E-state index < -0.39 is 4.92 Å². The molecule has 2 N–H and O–H groups in total. The fourth-order valence-corrected chi connectivity index (χ4v) is 1.57. The molecular formula is C9H10BrN3O3. The molecule has 0 spiro atoms. The molecule has 0 heterocycles. The number of halogens is 1. The third kappa shape index (κ3) is 2.30. The van der Waals surface area contributed by atoms with Gasteiger partial charge in [-0.15, -0.1) is 0 Å². The topological polar surface area (TPSA) is 89.5 Å². The van der Waals surface area contributed by atoms with Gasteiger partial charge < -0.3 is 10.6 Å². The Labute approximate surface area is 100 Å². The van der Waals surface area contributed by atoms with Crippen LogP contribution in [0.1, 0.15) is 10.4 Å². The molecule has 0 aromatic heterocycles. The summed E-state index contributed by atoms with van der Waals surface area (Å²) in [5, 5.41) is 10.6. The summed E-state index contributed by atoms with van der Waals surface area (Å²) in [4.78, 5) is 23.1. The van der Waals surface area contributed by atoms with Gasteiger partial charge in [0.2, 0.25) is 0 Å². The molecule has 6 nitrogen and oxygen atoms in total. The Morgan fingerprint density at radius 2 is 2.06 bits per heavy atom. The minimum absolute atomic E-state index is 0.117. The first-order valence-corrected chi connectivity index (χ1v) is 5.09. The van der Waals surface area contributed by atoms with Crippen LogP contribution in [0.5, 0.6) is 0 Å². The van der Waals surface area contributed by atoms with Gasteiger partial charge in [-0.1, -0.05) is 0 Å². The van der Waals surface area contributed by atoms with Crippen LogP contribution in [0.2, 0.25) is 0 Å². The number of benzene rings is 1. The first kappa shape index (κ1) is 12.4. The molecule has 86 valence electrons. The van der Waals surface area contributed by atoms with Crippen LogP contribution in [0.15, 0.2) is 16.6 Å². The molecule has 0 unspecified atom stereocenters. The van der Waals surface area contributed by atoms with Crippen LogP contribution >= 0.6 is 15.9 Å². The van der Waals surface area contributed by atoms with Crippen LogP contribution in [0.25, 0.3) is 0 Å². The van der Waals surface area contributed by atoms with Gasteiger partial charge in [0, 0.05) is 30.7 Å². The van der Waals surface area contributed by atoms with Gasteiger partial charge in [0.15, 0.2) is 0 Å². The molecule has 0 radical (unpaired) electrons. The van der Waals surface area contributed by atoms with E-state index in [2.05, 4.69) is 15.9 Å². The summed E-state index contributed by atoms with van der Waals surface area (Å²) in [5.74, 6) is -0.373. The normalized spacial score (nSPS) is 9.94. The van der Waals surface area contributed by atoms with E-state index in [1.54, 1.807) is 14.1 Å². The monoisotopic (exact) mass is 287 g/mol. The Kier molecular flexibility index (Phi) is 3.48. The molecule has 0 aliphatic rings. The first-order valence-electron chi connectivity index (χ1n) is 4.29. The van der Waals surface area contributed by atoms with E-state index in [1.165, 1.54) is 17.0 Å². The van der Waals surface area contributed by atoms with Crippen molar-refractivity contribution in [2.75, 3.05) is 19.8 Å². The number of carbonyl (C=O) groups excluding carboxylic acids is 1. The predicted octanol–water partition coefficient (Wildman–Crippen LogP) is 1.64. The Morgan fingerprint density at radius 1 is 1.50 bits per heavy atom. The van der Waals surface area contributed by atoms with Crippen LogP contribution in [-0.2, 0) is 0 Å². The standard InChI is InChI=1S/C9H10BrN3O3/c1-12(2)9(14)6-3-5(13(15)16)4-7(10)8(6)11/h3-4H,11H2,1-2H3. The zero-order valence-corrected chi connectivity index (χ0v) is 10.3. The lowest BCUT2D eigenvalue weighted by Gasteiger charge is -2.12. The summed E-state index contributed by atoms with van der Waals surface area (Å²) in [6.45, 7) is 0.